The van der Waals surface area contributed by atoms with E-state index in [0.29, 0.717) is 16.7 Å². The second-order valence-electron chi connectivity index (χ2n) is 4.35. The van der Waals surface area contributed by atoms with Gasteiger partial charge in [0.15, 0.2) is 11.3 Å². The fourth-order valence-electron chi connectivity index (χ4n) is 1.78. The van der Waals surface area contributed by atoms with E-state index in [-0.39, 0.29) is 34.8 Å². The molecule has 7 heteroatoms. The highest BCUT2D eigenvalue weighted by Crippen LogP contribution is 2.09. The van der Waals surface area contributed by atoms with Crippen LogP contribution < -0.4 is 22.5 Å². The van der Waals surface area contributed by atoms with Gasteiger partial charge in [-0.1, -0.05) is 28.1 Å². The van der Waals surface area contributed by atoms with Crippen LogP contribution in [0, 0.1) is 15.9 Å². The van der Waals surface area contributed by atoms with E-state index in [1.165, 1.54) is 0 Å². The smallest absolute Gasteiger partial charge is 0.182 e. The zero-order valence-electron chi connectivity index (χ0n) is 11.2. The summed E-state index contributed by atoms with van der Waals surface area (Å²) in [4.78, 5) is 16.4. The summed E-state index contributed by atoms with van der Waals surface area (Å²) in [6.07, 6.45) is 1.81. The number of carbonyl (C=O) groups is 1. The van der Waals surface area contributed by atoms with E-state index in [1.54, 1.807) is 11.5 Å². The van der Waals surface area contributed by atoms with Crippen LogP contribution >= 0.6 is 38.5 Å². The first kappa shape index (κ1) is 18.5. The van der Waals surface area contributed by atoms with Crippen molar-refractivity contribution >= 4 is 44.3 Å². The zero-order chi connectivity index (χ0) is 14.7. The second-order valence-corrected chi connectivity index (χ2v) is 6.16. The molecule has 1 aromatic carbocycles. The number of aromatic nitrogens is 2. The number of ketones is 1. The van der Waals surface area contributed by atoms with E-state index in [9.17, 15) is 4.79 Å². The molecule has 1 N–H and O–H groups in total. The quantitative estimate of drug-likeness (QED) is 0.349. The predicted molar refractivity (Wildman–Crippen MR) is 88.9 cm³/mol. The van der Waals surface area contributed by atoms with Crippen molar-refractivity contribution < 1.29 is 21.8 Å². The summed E-state index contributed by atoms with van der Waals surface area (Å²) < 4.78 is 2.89. The maximum atomic E-state index is 12.3. The fraction of sp³-hybridized carbons (Fsp3) is 0.214. The Kier molecular flexibility index (Phi) is 7.22. The van der Waals surface area contributed by atoms with Gasteiger partial charge in [0.1, 0.15) is 5.82 Å². The van der Waals surface area contributed by atoms with E-state index in [0.717, 1.165) is 9.13 Å². The molecule has 0 spiro atoms. The highest BCUT2D eigenvalue weighted by Gasteiger charge is 2.09. The fourth-order valence-corrected chi connectivity index (χ4v) is 2.55. The molecule has 112 valence electrons. The summed E-state index contributed by atoms with van der Waals surface area (Å²) in [5.74, 6) is 0.702. The van der Waals surface area contributed by atoms with Crippen LogP contribution in [0.15, 0.2) is 30.5 Å². The van der Waals surface area contributed by atoms with E-state index in [2.05, 4.69) is 43.5 Å². The Hall–Kier alpha value is -0.540. The van der Waals surface area contributed by atoms with E-state index >= 15 is 0 Å². The first-order valence-corrected chi connectivity index (χ1v) is 8.17. The van der Waals surface area contributed by atoms with Crippen molar-refractivity contribution in [1.29, 1.82) is 5.41 Å². The lowest BCUT2D eigenvalue weighted by molar-refractivity contribution is -0.0000122. The van der Waals surface area contributed by atoms with Gasteiger partial charge in [-0.2, -0.15) is 0 Å². The molecule has 0 amide bonds. The number of Topliss-reactive ketones (excluding diaryl/α,β-unsaturated/α-hetero) is 1. The first-order valence-electron chi connectivity index (χ1n) is 5.97. The highest BCUT2D eigenvalue weighted by molar-refractivity contribution is 14.1. The number of hydrogen-bond donors (Lipinski definition) is 1. The van der Waals surface area contributed by atoms with Gasteiger partial charge in [-0.05, 0) is 41.6 Å². The van der Waals surface area contributed by atoms with Gasteiger partial charge in [0.2, 0.25) is 0 Å². The molecule has 2 rings (SSSR count). The topological polar surface area (TPSA) is 58.7 Å². The van der Waals surface area contributed by atoms with Crippen LogP contribution in [-0.2, 0) is 11.9 Å². The number of alkyl halides is 1. The SMILES string of the molecule is Cc1nc(=N)c(CBr)cn1CC(=O)c1ccc(I)cc1.[Br-]. The number of nitrogens with zero attached hydrogens (tertiary/aromatic N) is 2. The molecule has 4 nitrogen and oxygen atoms in total. The molecule has 0 unspecified atom stereocenters. The number of hydrogen-bond acceptors (Lipinski definition) is 3. The summed E-state index contributed by atoms with van der Waals surface area (Å²) in [6.45, 7) is 2.04. The number of aryl methyl sites for hydroxylation is 1. The van der Waals surface area contributed by atoms with Crippen molar-refractivity contribution in [2.75, 3.05) is 0 Å². The monoisotopic (exact) mass is 524 g/mol. The molecule has 0 aliphatic rings. The maximum absolute atomic E-state index is 12.3. The Morgan fingerprint density at radius 2 is 2.00 bits per heavy atom. The minimum Gasteiger partial charge on any atom is -1.00 e. The summed E-state index contributed by atoms with van der Waals surface area (Å²) in [5, 5.41) is 8.29. The molecule has 1 heterocycles. The molecule has 2 aromatic rings. The van der Waals surface area contributed by atoms with Gasteiger partial charge in [0.05, 0.1) is 6.54 Å². The molecule has 0 fully saturated rings. The molecular weight excluding hydrogens is 513 g/mol. The van der Waals surface area contributed by atoms with Gasteiger partial charge in [0, 0.05) is 26.2 Å². The molecule has 0 aliphatic heterocycles. The molecule has 0 saturated carbocycles. The third-order valence-corrected chi connectivity index (χ3v) is 4.25. The van der Waals surface area contributed by atoms with E-state index in [1.807, 2.05) is 30.5 Å². The third-order valence-electron chi connectivity index (χ3n) is 2.93. The van der Waals surface area contributed by atoms with Gasteiger partial charge in [-0.15, -0.1) is 0 Å². The summed E-state index contributed by atoms with van der Waals surface area (Å²) in [7, 11) is 0. The van der Waals surface area contributed by atoms with Crippen LogP contribution in [0.4, 0.5) is 0 Å². The van der Waals surface area contributed by atoms with Crippen LogP contribution in [0.3, 0.4) is 0 Å². The van der Waals surface area contributed by atoms with Gasteiger partial charge in [0.25, 0.3) is 0 Å². The minimum absolute atomic E-state index is 0. The van der Waals surface area contributed by atoms with Crippen molar-refractivity contribution in [3.05, 3.63) is 56.5 Å². The Labute approximate surface area is 155 Å². The summed E-state index contributed by atoms with van der Waals surface area (Å²) in [6, 6.07) is 7.50. The summed E-state index contributed by atoms with van der Waals surface area (Å²) in [5.41, 5.74) is 1.70. The van der Waals surface area contributed by atoms with Crippen molar-refractivity contribution in [1.82, 2.24) is 9.55 Å². The van der Waals surface area contributed by atoms with Crippen LogP contribution in [0.1, 0.15) is 21.7 Å². The Morgan fingerprint density at radius 1 is 1.38 bits per heavy atom. The maximum Gasteiger partial charge on any atom is 0.182 e. The van der Waals surface area contributed by atoms with Crippen LogP contribution in [0.5, 0.6) is 0 Å². The lowest BCUT2D eigenvalue weighted by Crippen LogP contribution is -3.00. The van der Waals surface area contributed by atoms with Crippen molar-refractivity contribution in [3.8, 4) is 0 Å². The average molecular weight is 526 g/mol. The highest BCUT2D eigenvalue weighted by atomic mass is 127. The Bertz CT molecular complexity index is 698. The van der Waals surface area contributed by atoms with Gasteiger partial charge in [-0.25, -0.2) is 4.98 Å². The number of nitrogens with one attached hydrogen (secondary N) is 1. The average Bonchev–Trinajstić information content (AvgIpc) is 2.42. The predicted octanol–water partition coefficient (Wildman–Crippen LogP) is 0.0574. The van der Waals surface area contributed by atoms with Crippen molar-refractivity contribution in [3.63, 3.8) is 0 Å². The Balaban J connectivity index is 0.00000220. The Morgan fingerprint density at radius 3 is 2.57 bits per heavy atom. The number of halogens is 3. The van der Waals surface area contributed by atoms with Gasteiger partial charge in [-0.3, -0.25) is 10.2 Å². The second kappa shape index (κ2) is 8.19. The normalized spacial score (nSPS) is 10.0. The van der Waals surface area contributed by atoms with E-state index in [4.69, 9.17) is 5.41 Å². The number of benzene rings is 1. The third kappa shape index (κ3) is 4.72. The molecule has 0 saturated heterocycles. The molecule has 0 bridgehead atoms. The molecule has 0 atom stereocenters. The first-order chi connectivity index (χ1) is 9.51. The van der Waals surface area contributed by atoms with Crippen molar-refractivity contribution in [2.45, 2.75) is 18.8 Å². The summed E-state index contributed by atoms with van der Waals surface area (Å²) >= 11 is 5.54. The van der Waals surface area contributed by atoms with Crippen LogP contribution in [0.25, 0.3) is 0 Å². The van der Waals surface area contributed by atoms with Crippen LogP contribution in [-0.4, -0.2) is 15.3 Å². The van der Waals surface area contributed by atoms with Crippen molar-refractivity contribution in [2.24, 2.45) is 0 Å². The molecule has 1 aromatic heterocycles. The lowest BCUT2D eigenvalue weighted by Gasteiger charge is -2.11. The standard InChI is InChI=1S/C14H13BrIN3O.BrH/c1-9-18-14(17)11(6-15)7-19(9)8-13(20)10-2-4-12(16)5-3-10;/h2-5,7,17H,6,8H2,1H3;1H/p-1. The number of carbonyl (C=O) groups excluding carboxylic acids is 1. The molecule has 0 aliphatic carbocycles. The van der Waals surface area contributed by atoms with Gasteiger partial charge < -0.3 is 21.5 Å². The lowest BCUT2D eigenvalue weighted by atomic mass is 10.1. The largest absolute Gasteiger partial charge is 1.00 e. The minimum atomic E-state index is 0. The van der Waals surface area contributed by atoms with Crippen LogP contribution in [0.2, 0.25) is 0 Å². The molecule has 21 heavy (non-hydrogen) atoms. The molecule has 0 radical (unpaired) electrons. The molecular formula is C14H13Br2IN3O-. The number of rotatable bonds is 4. The zero-order valence-corrected chi connectivity index (χ0v) is 16.6. The van der Waals surface area contributed by atoms with E-state index < -0.39 is 0 Å². The van der Waals surface area contributed by atoms with Gasteiger partial charge >= 0.3 is 0 Å².